The van der Waals surface area contributed by atoms with Crippen LogP contribution in [0.1, 0.15) is 25.7 Å². The van der Waals surface area contributed by atoms with Gasteiger partial charge in [-0.3, -0.25) is 0 Å². The Labute approximate surface area is 121 Å². The molecule has 0 saturated carbocycles. The number of nitrogens with two attached hydrogens (primary N) is 1. The molecule has 0 aliphatic carbocycles. The van der Waals surface area contributed by atoms with Crippen LogP contribution in [0.4, 0.5) is 11.4 Å². The van der Waals surface area contributed by atoms with Gasteiger partial charge < -0.3 is 10.6 Å². The molecule has 2 aromatic rings. The van der Waals surface area contributed by atoms with Crippen molar-refractivity contribution in [2.75, 3.05) is 17.7 Å². The molecule has 5 nitrogen and oxygen atoms in total. The van der Waals surface area contributed by atoms with E-state index in [1.807, 2.05) is 29.9 Å². The fourth-order valence-electron chi connectivity index (χ4n) is 1.99. The smallest absolute Gasteiger partial charge is 0.146 e. The Morgan fingerprint density at radius 2 is 2.16 bits per heavy atom. The second-order valence-electron chi connectivity index (χ2n) is 4.77. The molecule has 0 unspecified atom stereocenters. The van der Waals surface area contributed by atoms with Crippen molar-refractivity contribution < 1.29 is 0 Å². The molecular weight excluding hydrogens is 306 g/mol. The number of halogens is 1. The summed E-state index contributed by atoms with van der Waals surface area (Å²) >= 11 is 3.41. The summed E-state index contributed by atoms with van der Waals surface area (Å²) < 4.78 is 2.90. The summed E-state index contributed by atoms with van der Waals surface area (Å²) in [6.07, 6.45) is 1.59. The van der Waals surface area contributed by atoms with E-state index < -0.39 is 0 Å². The number of anilines is 2. The van der Waals surface area contributed by atoms with Gasteiger partial charge in [-0.15, -0.1) is 0 Å². The van der Waals surface area contributed by atoms with Gasteiger partial charge in [-0.2, -0.15) is 5.10 Å². The summed E-state index contributed by atoms with van der Waals surface area (Å²) in [5, 5.41) is 4.24. The summed E-state index contributed by atoms with van der Waals surface area (Å²) in [5.41, 5.74) is 7.77. The van der Waals surface area contributed by atoms with E-state index in [-0.39, 0.29) is 0 Å². The third-order valence-corrected chi connectivity index (χ3v) is 3.41. The fourth-order valence-corrected chi connectivity index (χ4v) is 2.37. The van der Waals surface area contributed by atoms with Crippen LogP contribution in [0.3, 0.4) is 0 Å². The Bertz CT molecular complexity index is 564. The van der Waals surface area contributed by atoms with Crippen molar-refractivity contribution in [1.82, 2.24) is 14.8 Å². The number of hydrogen-bond acceptors (Lipinski definition) is 4. The van der Waals surface area contributed by atoms with Crippen molar-refractivity contribution in [2.24, 2.45) is 0 Å². The minimum atomic E-state index is 0.299. The maximum absolute atomic E-state index is 6.03. The van der Waals surface area contributed by atoms with Gasteiger partial charge in [-0.1, -0.05) is 15.9 Å². The fraction of sp³-hybridized carbons (Fsp3) is 0.385. The van der Waals surface area contributed by atoms with Gasteiger partial charge in [0.15, 0.2) is 0 Å². The third kappa shape index (κ3) is 3.07. The lowest BCUT2D eigenvalue weighted by molar-refractivity contribution is 0.504. The molecule has 0 radical (unpaired) electrons. The van der Waals surface area contributed by atoms with Crippen molar-refractivity contribution in [1.29, 1.82) is 0 Å². The molecule has 1 heterocycles. The van der Waals surface area contributed by atoms with Gasteiger partial charge in [0.25, 0.3) is 0 Å². The van der Waals surface area contributed by atoms with Gasteiger partial charge in [-0.05, 0) is 32.0 Å². The standard InChI is InChI=1S/C13H18BrN5/c1-9(2)19-13(16-8-17-19)7-18(3)12-5-4-10(14)6-11(12)15/h4-6,8-9H,7,15H2,1-3H3. The lowest BCUT2D eigenvalue weighted by atomic mass is 10.2. The highest BCUT2D eigenvalue weighted by molar-refractivity contribution is 9.10. The second kappa shape index (κ2) is 5.61. The average molecular weight is 324 g/mol. The van der Waals surface area contributed by atoms with Crippen LogP contribution in [0.5, 0.6) is 0 Å². The quantitative estimate of drug-likeness (QED) is 0.879. The summed E-state index contributed by atoms with van der Waals surface area (Å²) in [4.78, 5) is 6.38. The van der Waals surface area contributed by atoms with Crippen LogP contribution in [-0.2, 0) is 6.54 Å². The minimum absolute atomic E-state index is 0.299. The van der Waals surface area contributed by atoms with Crippen molar-refractivity contribution in [3.63, 3.8) is 0 Å². The summed E-state index contributed by atoms with van der Waals surface area (Å²) in [7, 11) is 2.00. The molecule has 1 aromatic carbocycles. The minimum Gasteiger partial charge on any atom is -0.397 e. The molecule has 2 rings (SSSR count). The van der Waals surface area contributed by atoms with Crippen LogP contribution in [0.2, 0.25) is 0 Å². The molecule has 102 valence electrons. The number of hydrogen-bond donors (Lipinski definition) is 1. The topological polar surface area (TPSA) is 60.0 Å². The number of rotatable bonds is 4. The van der Waals surface area contributed by atoms with E-state index in [0.717, 1.165) is 21.7 Å². The highest BCUT2D eigenvalue weighted by Gasteiger charge is 2.12. The van der Waals surface area contributed by atoms with Crippen LogP contribution >= 0.6 is 15.9 Å². The van der Waals surface area contributed by atoms with Crippen LogP contribution < -0.4 is 10.6 Å². The first-order chi connectivity index (χ1) is 8.99. The maximum Gasteiger partial charge on any atom is 0.146 e. The van der Waals surface area contributed by atoms with Gasteiger partial charge >= 0.3 is 0 Å². The van der Waals surface area contributed by atoms with Gasteiger partial charge in [0.05, 0.1) is 17.9 Å². The van der Waals surface area contributed by atoms with Crippen molar-refractivity contribution >= 4 is 27.3 Å². The molecule has 0 saturated heterocycles. The van der Waals surface area contributed by atoms with E-state index in [4.69, 9.17) is 5.73 Å². The van der Waals surface area contributed by atoms with Crippen LogP contribution in [0.15, 0.2) is 29.0 Å². The largest absolute Gasteiger partial charge is 0.397 e. The predicted octanol–water partition coefficient (Wildman–Crippen LogP) is 2.84. The summed E-state index contributed by atoms with van der Waals surface area (Å²) in [6.45, 7) is 4.85. The van der Waals surface area contributed by atoms with E-state index in [0.29, 0.717) is 12.6 Å². The first-order valence-corrected chi connectivity index (χ1v) is 6.93. The molecular formula is C13H18BrN5. The lowest BCUT2D eigenvalue weighted by Crippen LogP contribution is -2.21. The van der Waals surface area contributed by atoms with Crippen LogP contribution in [0.25, 0.3) is 0 Å². The first kappa shape index (κ1) is 13.9. The lowest BCUT2D eigenvalue weighted by Gasteiger charge is -2.21. The highest BCUT2D eigenvalue weighted by Crippen LogP contribution is 2.26. The number of nitrogen functional groups attached to an aromatic ring is 1. The van der Waals surface area contributed by atoms with E-state index in [2.05, 4.69) is 44.8 Å². The molecule has 0 fully saturated rings. The Hall–Kier alpha value is -1.56. The second-order valence-corrected chi connectivity index (χ2v) is 5.69. The normalized spacial score (nSPS) is 11.0. The van der Waals surface area contributed by atoms with Crippen molar-refractivity contribution in [2.45, 2.75) is 26.4 Å². The zero-order valence-corrected chi connectivity index (χ0v) is 12.9. The van der Waals surface area contributed by atoms with Gasteiger partial charge in [0.2, 0.25) is 0 Å². The van der Waals surface area contributed by atoms with Gasteiger partial charge in [-0.25, -0.2) is 9.67 Å². The molecule has 0 amide bonds. The number of nitrogens with zero attached hydrogens (tertiary/aromatic N) is 4. The molecule has 6 heteroatoms. The molecule has 19 heavy (non-hydrogen) atoms. The molecule has 0 spiro atoms. The zero-order valence-electron chi connectivity index (χ0n) is 11.3. The molecule has 0 atom stereocenters. The van der Waals surface area contributed by atoms with Crippen LogP contribution in [0, 0.1) is 0 Å². The maximum atomic E-state index is 6.03. The Balaban J connectivity index is 2.21. The SMILES string of the molecule is CC(C)n1ncnc1CN(C)c1ccc(Br)cc1N. The van der Waals surface area contributed by atoms with E-state index in [1.165, 1.54) is 0 Å². The molecule has 1 aromatic heterocycles. The Morgan fingerprint density at radius 1 is 1.42 bits per heavy atom. The molecule has 2 N–H and O–H groups in total. The molecule has 0 aliphatic heterocycles. The molecule has 0 aliphatic rings. The number of aromatic nitrogens is 3. The summed E-state index contributed by atoms with van der Waals surface area (Å²) in [6, 6.07) is 6.18. The molecule has 0 bridgehead atoms. The van der Waals surface area contributed by atoms with Gasteiger partial charge in [0, 0.05) is 17.6 Å². The third-order valence-electron chi connectivity index (χ3n) is 2.92. The van der Waals surface area contributed by atoms with E-state index >= 15 is 0 Å². The zero-order chi connectivity index (χ0) is 14.0. The Morgan fingerprint density at radius 3 is 2.79 bits per heavy atom. The number of benzene rings is 1. The average Bonchev–Trinajstić information content (AvgIpc) is 2.76. The van der Waals surface area contributed by atoms with Gasteiger partial charge in [0.1, 0.15) is 12.2 Å². The Kier molecular flexibility index (Phi) is 4.09. The van der Waals surface area contributed by atoms with Crippen LogP contribution in [-0.4, -0.2) is 21.8 Å². The van der Waals surface area contributed by atoms with E-state index in [1.54, 1.807) is 6.33 Å². The monoisotopic (exact) mass is 323 g/mol. The predicted molar refractivity (Wildman–Crippen MR) is 81.1 cm³/mol. The van der Waals surface area contributed by atoms with E-state index in [9.17, 15) is 0 Å². The van der Waals surface area contributed by atoms with Crippen molar-refractivity contribution in [3.8, 4) is 0 Å². The highest BCUT2D eigenvalue weighted by atomic mass is 79.9. The summed E-state index contributed by atoms with van der Waals surface area (Å²) in [5.74, 6) is 0.930. The van der Waals surface area contributed by atoms with Crippen molar-refractivity contribution in [3.05, 3.63) is 34.8 Å². The first-order valence-electron chi connectivity index (χ1n) is 6.13.